The van der Waals surface area contributed by atoms with E-state index in [0.717, 1.165) is 31.5 Å². The Hall–Kier alpha value is -2.29. The smallest absolute Gasteiger partial charge is 0.404 e. The molecule has 0 saturated carbocycles. The van der Waals surface area contributed by atoms with Gasteiger partial charge in [0.2, 0.25) is 0 Å². The Labute approximate surface area is 117 Å². The van der Waals surface area contributed by atoms with E-state index in [4.69, 9.17) is 10.4 Å². The summed E-state index contributed by atoms with van der Waals surface area (Å²) in [5.41, 5.74) is 0.559. The zero-order valence-electron chi connectivity index (χ0n) is 11.0. The minimum Gasteiger partial charge on any atom is -0.465 e. The molecule has 2 fully saturated rings. The molecule has 1 amide bonds. The maximum atomic E-state index is 10.8. The zero-order valence-corrected chi connectivity index (χ0v) is 11.0. The van der Waals surface area contributed by atoms with Gasteiger partial charge in [0, 0.05) is 24.3 Å². The van der Waals surface area contributed by atoms with Gasteiger partial charge in [-0.25, -0.2) is 9.78 Å². The van der Waals surface area contributed by atoms with E-state index >= 15 is 0 Å². The summed E-state index contributed by atoms with van der Waals surface area (Å²) in [6.45, 7) is 0. The van der Waals surface area contributed by atoms with E-state index in [1.165, 1.54) is 0 Å². The van der Waals surface area contributed by atoms with Crippen LogP contribution in [-0.2, 0) is 0 Å². The number of piperidine rings is 1. The molecule has 2 unspecified atom stereocenters. The average molecular weight is 272 g/mol. The molecule has 0 aliphatic carbocycles. The third-order valence-electron chi connectivity index (χ3n) is 4.20. The number of nitrogens with zero attached hydrogens (tertiary/aromatic N) is 3. The number of hydrogen-bond acceptors (Lipinski definition) is 4. The van der Waals surface area contributed by atoms with Gasteiger partial charge in [-0.2, -0.15) is 5.26 Å². The molecule has 2 bridgehead atoms. The molecule has 2 saturated heterocycles. The second-order valence-corrected chi connectivity index (χ2v) is 5.43. The summed E-state index contributed by atoms with van der Waals surface area (Å²) in [7, 11) is 0. The highest BCUT2D eigenvalue weighted by Gasteiger charge is 2.41. The maximum absolute atomic E-state index is 10.8. The molecular weight excluding hydrogens is 256 g/mol. The van der Waals surface area contributed by atoms with Crippen LogP contribution in [0.3, 0.4) is 0 Å². The highest BCUT2D eigenvalue weighted by atomic mass is 16.4. The largest absolute Gasteiger partial charge is 0.465 e. The van der Waals surface area contributed by atoms with Crippen LogP contribution < -0.4 is 10.2 Å². The Morgan fingerprint density at radius 2 is 2.10 bits per heavy atom. The fraction of sp³-hybridized carbons (Fsp3) is 0.500. The minimum absolute atomic E-state index is 0.0413. The summed E-state index contributed by atoms with van der Waals surface area (Å²) in [5.74, 6) is 0.894. The van der Waals surface area contributed by atoms with E-state index in [1.54, 1.807) is 12.3 Å². The van der Waals surface area contributed by atoms with E-state index in [9.17, 15) is 4.79 Å². The molecule has 6 nitrogen and oxygen atoms in total. The van der Waals surface area contributed by atoms with Crippen LogP contribution in [0.2, 0.25) is 0 Å². The summed E-state index contributed by atoms with van der Waals surface area (Å²) < 4.78 is 0. The van der Waals surface area contributed by atoms with Crippen LogP contribution in [0.15, 0.2) is 18.3 Å². The predicted molar refractivity (Wildman–Crippen MR) is 72.4 cm³/mol. The third kappa shape index (κ3) is 2.27. The first-order chi connectivity index (χ1) is 9.67. The first kappa shape index (κ1) is 12.7. The Morgan fingerprint density at radius 3 is 2.60 bits per heavy atom. The van der Waals surface area contributed by atoms with Crippen LogP contribution in [0.1, 0.15) is 31.2 Å². The first-order valence-corrected chi connectivity index (χ1v) is 6.81. The fourth-order valence-corrected chi connectivity index (χ4v) is 3.45. The number of nitrogens with one attached hydrogen (secondary N) is 1. The monoisotopic (exact) mass is 272 g/mol. The van der Waals surface area contributed by atoms with Crippen molar-refractivity contribution in [2.75, 3.05) is 4.90 Å². The minimum atomic E-state index is -0.945. The molecule has 1 aromatic heterocycles. The number of rotatable bonds is 2. The van der Waals surface area contributed by atoms with Crippen LogP contribution >= 0.6 is 0 Å². The van der Waals surface area contributed by atoms with Crippen molar-refractivity contribution >= 4 is 11.9 Å². The van der Waals surface area contributed by atoms with Gasteiger partial charge >= 0.3 is 6.09 Å². The summed E-state index contributed by atoms with van der Waals surface area (Å²) in [4.78, 5) is 17.4. The predicted octanol–water partition coefficient (Wildman–Crippen LogP) is 1.72. The third-order valence-corrected chi connectivity index (χ3v) is 4.20. The number of pyridine rings is 1. The van der Waals surface area contributed by atoms with Crippen molar-refractivity contribution in [2.45, 2.75) is 43.8 Å². The molecule has 2 aliphatic heterocycles. The lowest BCUT2D eigenvalue weighted by molar-refractivity contribution is 0.185. The molecule has 20 heavy (non-hydrogen) atoms. The summed E-state index contributed by atoms with van der Waals surface area (Å²) >= 11 is 0. The van der Waals surface area contributed by atoms with Gasteiger partial charge < -0.3 is 15.3 Å². The van der Waals surface area contributed by atoms with Crippen molar-refractivity contribution in [3.8, 4) is 6.07 Å². The van der Waals surface area contributed by atoms with E-state index in [-0.39, 0.29) is 6.04 Å². The lowest BCUT2D eigenvalue weighted by Gasteiger charge is -2.39. The van der Waals surface area contributed by atoms with Crippen LogP contribution in [0.4, 0.5) is 10.6 Å². The Balaban J connectivity index is 1.76. The van der Waals surface area contributed by atoms with E-state index < -0.39 is 6.09 Å². The quantitative estimate of drug-likeness (QED) is 0.855. The van der Waals surface area contributed by atoms with Crippen molar-refractivity contribution in [1.82, 2.24) is 10.3 Å². The van der Waals surface area contributed by atoms with Gasteiger partial charge in [0.15, 0.2) is 0 Å². The molecule has 0 aromatic carbocycles. The second kappa shape index (κ2) is 5.00. The number of aromatic nitrogens is 1. The normalized spacial score (nSPS) is 27.9. The van der Waals surface area contributed by atoms with Crippen LogP contribution in [0.25, 0.3) is 0 Å². The topological polar surface area (TPSA) is 89.2 Å². The van der Waals surface area contributed by atoms with Gasteiger partial charge in [0.05, 0.1) is 5.56 Å². The number of fused-ring (bicyclic) bond motifs is 2. The van der Waals surface area contributed by atoms with Gasteiger partial charge in [-0.3, -0.25) is 0 Å². The van der Waals surface area contributed by atoms with Gasteiger partial charge in [-0.05, 0) is 37.8 Å². The molecule has 104 valence electrons. The molecule has 1 aromatic rings. The molecule has 2 atom stereocenters. The molecule has 0 spiro atoms. The number of anilines is 1. The fourth-order valence-electron chi connectivity index (χ4n) is 3.45. The molecule has 3 rings (SSSR count). The van der Waals surface area contributed by atoms with E-state index in [0.29, 0.717) is 17.6 Å². The number of nitriles is 1. The van der Waals surface area contributed by atoms with Crippen LogP contribution in [-0.4, -0.2) is 34.3 Å². The molecule has 0 radical (unpaired) electrons. The SMILES string of the molecule is N#Cc1ccc(N2C3CCC2CC(NC(=O)O)C3)nc1. The second-order valence-electron chi connectivity index (χ2n) is 5.43. The molecular formula is C14H16N4O2. The van der Waals surface area contributed by atoms with Gasteiger partial charge in [-0.15, -0.1) is 0 Å². The first-order valence-electron chi connectivity index (χ1n) is 6.81. The van der Waals surface area contributed by atoms with Crippen molar-refractivity contribution in [1.29, 1.82) is 5.26 Å². The molecule has 3 heterocycles. The van der Waals surface area contributed by atoms with Crippen LogP contribution in [0, 0.1) is 11.3 Å². The van der Waals surface area contributed by atoms with E-state index in [2.05, 4.69) is 21.3 Å². The van der Waals surface area contributed by atoms with Crippen LogP contribution in [0.5, 0.6) is 0 Å². The Morgan fingerprint density at radius 1 is 1.40 bits per heavy atom. The van der Waals surface area contributed by atoms with Gasteiger partial charge in [0.25, 0.3) is 0 Å². The zero-order chi connectivity index (χ0) is 14.1. The molecule has 6 heteroatoms. The number of carbonyl (C=O) groups is 1. The number of amides is 1. The van der Waals surface area contributed by atoms with Crippen molar-refractivity contribution in [3.05, 3.63) is 23.9 Å². The highest BCUT2D eigenvalue weighted by molar-refractivity contribution is 5.65. The lowest BCUT2D eigenvalue weighted by Crippen LogP contribution is -2.50. The Bertz CT molecular complexity index is 537. The molecule has 2 aliphatic rings. The van der Waals surface area contributed by atoms with Crippen molar-refractivity contribution in [2.24, 2.45) is 0 Å². The Kier molecular flexibility index (Phi) is 3.18. The van der Waals surface area contributed by atoms with Gasteiger partial charge in [0.1, 0.15) is 11.9 Å². The van der Waals surface area contributed by atoms with Gasteiger partial charge in [-0.1, -0.05) is 0 Å². The summed E-state index contributed by atoms with van der Waals surface area (Å²) in [6.07, 6.45) is 4.44. The summed E-state index contributed by atoms with van der Waals surface area (Å²) in [6, 6.07) is 6.45. The average Bonchev–Trinajstić information content (AvgIpc) is 2.70. The maximum Gasteiger partial charge on any atom is 0.404 e. The van der Waals surface area contributed by atoms with Crippen molar-refractivity contribution in [3.63, 3.8) is 0 Å². The number of hydrogen-bond donors (Lipinski definition) is 2. The highest BCUT2D eigenvalue weighted by Crippen LogP contribution is 2.38. The molecule has 2 N–H and O–H groups in total. The van der Waals surface area contributed by atoms with Crippen molar-refractivity contribution < 1.29 is 9.90 Å². The van der Waals surface area contributed by atoms with E-state index in [1.807, 2.05) is 6.07 Å². The number of carboxylic acid groups (broad SMARTS) is 1. The summed E-state index contributed by atoms with van der Waals surface area (Å²) in [5, 5.41) is 20.2. The standard InChI is InChI=1S/C14H16N4O2/c15-7-9-1-4-13(16-8-9)18-11-2-3-12(18)6-10(5-11)17-14(19)20/h1,4,8,10-12,17H,2-3,5-6H2,(H,19,20). The lowest BCUT2D eigenvalue weighted by atomic mass is 9.97.